The summed E-state index contributed by atoms with van der Waals surface area (Å²) < 4.78 is 1.45. The van der Waals surface area contributed by atoms with Crippen molar-refractivity contribution in [3.63, 3.8) is 0 Å². The summed E-state index contributed by atoms with van der Waals surface area (Å²) in [6.45, 7) is 4.06. The highest BCUT2D eigenvalue weighted by Gasteiger charge is 2.10. The molecule has 0 saturated heterocycles. The van der Waals surface area contributed by atoms with Crippen molar-refractivity contribution in [2.75, 3.05) is 0 Å². The molecule has 1 atom stereocenters. The molecule has 1 amide bonds. The molecule has 0 spiro atoms. The van der Waals surface area contributed by atoms with Crippen LogP contribution in [0.5, 0.6) is 0 Å². The van der Waals surface area contributed by atoms with Crippen molar-refractivity contribution >= 4 is 16.9 Å². The van der Waals surface area contributed by atoms with Crippen molar-refractivity contribution in [3.8, 4) is 0 Å². The lowest BCUT2D eigenvalue weighted by molar-refractivity contribution is -0.122. The van der Waals surface area contributed by atoms with Gasteiger partial charge in [0.15, 0.2) is 0 Å². The summed E-state index contributed by atoms with van der Waals surface area (Å²) in [7, 11) is 0. The summed E-state index contributed by atoms with van der Waals surface area (Å²) in [5.74, 6) is -0.149. The number of benzene rings is 1. The van der Waals surface area contributed by atoms with Crippen LogP contribution in [0, 0.1) is 0 Å². The van der Waals surface area contributed by atoms with Gasteiger partial charge in [-0.05, 0) is 25.5 Å². The van der Waals surface area contributed by atoms with E-state index < -0.39 is 0 Å². The van der Waals surface area contributed by atoms with Gasteiger partial charge in [-0.3, -0.25) is 14.2 Å². The van der Waals surface area contributed by atoms with Crippen LogP contribution in [0.15, 0.2) is 35.3 Å². The highest BCUT2D eigenvalue weighted by Crippen LogP contribution is 2.08. The fourth-order valence-corrected chi connectivity index (χ4v) is 2.25. The maximum Gasteiger partial charge on any atom is 0.269 e. The third-order valence-electron chi connectivity index (χ3n) is 3.18. The van der Waals surface area contributed by atoms with Gasteiger partial charge in [0.25, 0.3) is 5.56 Å². The molecule has 1 heterocycles. The van der Waals surface area contributed by atoms with Crippen LogP contribution in [-0.2, 0) is 11.3 Å². The van der Waals surface area contributed by atoms with Crippen LogP contribution in [0.4, 0.5) is 0 Å². The van der Waals surface area contributed by atoms with Crippen molar-refractivity contribution in [2.24, 2.45) is 0 Å². The standard InChI is InChI=1S/C15H19N3O2/c1-3-6-11(2)17-14(19)10-18-13-8-5-4-7-12(13)16-9-15(18)20/h4-5,7-9,11H,3,6,10H2,1-2H3,(H,17,19)/t11-/m1/s1. The van der Waals surface area contributed by atoms with Crippen molar-refractivity contribution < 1.29 is 4.79 Å². The smallest absolute Gasteiger partial charge is 0.269 e. The van der Waals surface area contributed by atoms with Crippen molar-refractivity contribution in [2.45, 2.75) is 39.3 Å². The number of amides is 1. The third kappa shape index (κ3) is 3.23. The molecule has 5 heteroatoms. The average Bonchev–Trinajstić information content (AvgIpc) is 2.42. The Bertz CT molecular complexity index is 663. The zero-order valence-electron chi connectivity index (χ0n) is 11.8. The lowest BCUT2D eigenvalue weighted by Gasteiger charge is -2.14. The highest BCUT2D eigenvalue weighted by atomic mass is 16.2. The minimum absolute atomic E-state index is 0.0237. The van der Waals surface area contributed by atoms with E-state index in [1.165, 1.54) is 10.8 Å². The summed E-state index contributed by atoms with van der Waals surface area (Å²) >= 11 is 0. The van der Waals surface area contributed by atoms with Gasteiger partial charge in [-0.1, -0.05) is 25.5 Å². The van der Waals surface area contributed by atoms with E-state index in [1.807, 2.05) is 25.1 Å². The van der Waals surface area contributed by atoms with E-state index in [9.17, 15) is 9.59 Å². The van der Waals surface area contributed by atoms with E-state index in [-0.39, 0.29) is 24.1 Å². The topological polar surface area (TPSA) is 64.0 Å². The predicted molar refractivity (Wildman–Crippen MR) is 78.5 cm³/mol. The fraction of sp³-hybridized carbons (Fsp3) is 0.400. The number of fused-ring (bicyclic) bond motifs is 1. The van der Waals surface area contributed by atoms with Gasteiger partial charge in [-0.15, -0.1) is 0 Å². The lowest BCUT2D eigenvalue weighted by atomic mass is 10.2. The Morgan fingerprint density at radius 2 is 2.15 bits per heavy atom. The molecule has 0 fully saturated rings. The molecule has 0 aliphatic rings. The first-order valence-corrected chi connectivity index (χ1v) is 6.85. The van der Waals surface area contributed by atoms with Crippen molar-refractivity contribution in [1.29, 1.82) is 0 Å². The molecule has 0 unspecified atom stereocenters. The molecule has 0 radical (unpaired) electrons. The average molecular weight is 273 g/mol. The second kappa shape index (κ2) is 6.32. The molecule has 5 nitrogen and oxygen atoms in total. The summed E-state index contributed by atoms with van der Waals surface area (Å²) in [5.41, 5.74) is 1.13. The predicted octanol–water partition coefficient (Wildman–Crippen LogP) is 1.70. The first kappa shape index (κ1) is 14.2. The third-order valence-corrected chi connectivity index (χ3v) is 3.18. The Morgan fingerprint density at radius 3 is 2.90 bits per heavy atom. The quantitative estimate of drug-likeness (QED) is 0.901. The van der Waals surface area contributed by atoms with E-state index in [1.54, 1.807) is 6.07 Å². The summed E-state index contributed by atoms with van der Waals surface area (Å²) in [6, 6.07) is 7.43. The number of carbonyl (C=O) groups is 1. The van der Waals surface area contributed by atoms with Gasteiger partial charge in [-0.25, -0.2) is 4.98 Å². The molecule has 2 aromatic rings. The van der Waals surface area contributed by atoms with Crippen molar-refractivity contribution in [1.82, 2.24) is 14.9 Å². The van der Waals surface area contributed by atoms with Crippen LogP contribution in [-0.4, -0.2) is 21.5 Å². The van der Waals surface area contributed by atoms with Crippen LogP contribution in [0.25, 0.3) is 11.0 Å². The molecule has 20 heavy (non-hydrogen) atoms. The zero-order chi connectivity index (χ0) is 14.5. The van der Waals surface area contributed by atoms with Crippen LogP contribution >= 0.6 is 0 Å². The van der Waals surface area contributed by atoms with Gasteiger partial charge in [0, 0.05) is 6.04 Å². The van der Waals surface area contributed by atoms with E-state index in [2.05, 4.69) is 17.2 Å². The Kier molecular flexibility index (Phi) is 4.50. The van der Waals surface area contributed by atoms with Crippen LogP contribution in [0.3, 0.4) is 0 Å². The first-order chi connectivity index (χ1) is 9.61. The maximum atomic E-state index is 12.0. The Balaban J connectivity index is 2.23. The molecule has 2 rings (SSSR count). The van der Waals surface area contributed by atoms with Gasteiger partial charge in [0.05, 0.1) is 17.2 Å². The zero-order valence-corrected chi connectivity index (χ0v) is 11.8. The molecule has 0 aliphatic carbocycles. The van der Waals surface area contributed by atoms with E-state index in [0.29, 0.717) is 11.0 Å². The van der Waals surface area contributed by atoms with E-state index >= 15 is 0 Å². The minimum Gasteiger partial charge on any atom is -0.352 e. The molecular weight excluding hydrogens is 254 g/mol. The second-order valence-electron chi connectivity index (χ2n) is 4.93. The first-order valence-electron chi connectivity index (χ1n) is 6.85. The summed E-state index contributed by atoms with van der Waals surface area (Å²) in [6.07, 6.45) is 3.20. The number of nitrogens with one attached hydrogen (secondary N) is 1. The van der Waals surface area contributed by atoms with E-state index in [0.717, 1.165) is 12.8 Å². The number of rotatable bonds is 5. The molecule has 1 aromatic carbocycles. The molecule has 1 N–H and O–H groups in total. The Labute approximate surface area is 117 Å². The van der Waals surface area contributed by atoms with Crippen LogP contribution in [0.1, 0.15) is 26.7 Å². The number of hydrogen-bond acceptors (Lipinski definition) is 3. The number of hydrogen-bond donors (Lipinski definition) is 1. The number of para-hydroxylation sites is 2. The largest absolute Gasteiger partial charge is 0.352 e. The van der Waals surface area contributed by atoms with Gasteiger partial charge in [0.1, 0.15) is 6.54 Å². The number of aromatic nitrogens is 2. The molecule has 0 bridgehead atoms. The fourth-order valence-electron chi connectivity index (χ4n) is 2.25. The highest BCUT2D eigenvalue weighted by molar-refractivity contribution is 5.80. The van der Waals surface area contributed by atoms with Gasteiger partial charge >= 0.3 is 0 Å². The van der Waals surface area contributed by atoms with Gasteiger partial charge in [-0.2, -0.15) is 0 Å². The molecular formula is C15H19N3O2. The minimum atomic E-state index is -0.262. The molecule has 1 aromatic heterocycles. The Morgan fingerprint density at radius 1 is 1.40 bits per heavy atom. The van der Waals surface area contributed by atoms with Crippen LogP contribution < -0.4 is 10.9 Å². The van der Waals surface area contributed by atoms with E-state index in [4.69, 9.17) is 0 Å². The van der Waals surface area contributed by atoms with Gasteiger partial charge in [0.2, 0.25) is 5.91 Å². The normalized spacial score (nSPS) is 12.3. The summed E-state index contributed by atoms with van der Waals surface area (Å²) in [5, 5.41) is 2.90. The monoisotopic (exact) mass is 273 g/mol. The van der Waals surface area contributed by atoms with Gasteiger partial charge < -0.3 is 5.32 Å². The second-order valence-corrected chi connectivity index (χ2v) is 4.93. The van der Waals surface area contributed by atoms with Crippen LogP contribution in [0.2, 0.25) is 0 Å². The number of carbonyl (C=O) groups excluding carboxylic acids is 1. The van der Waals surface area contributed by atoms with Crippen molar-refractivity contribution in [3.05, 3.63) is 40.8 Å². The molecule has 106 valence electrons. The molecule has 0 saturated carbocycles. The Hall–Kier alpha value is -2.17. The summed E-state index contributed by atoms with van der Waals surface area (Å²) in [4.78, 5) is 28.0. The molecule has 0 aliphatic heterocycles. The maximum absolute atomic E-state index is 12.0. The SMILES string of the molecule is CCC[C@@H](C)NC(=O)Cn1c(=O)cnc2ccccc21. The lowest BCUT2D eigenvalue weighted by Crippen LogP contribution is -2.37. The number of nitrogens with zero attached hydrogens (tertiary/aromatic N) is 2.